The number of thioether (sulfide) groups is 1. The van der Waals surface area contributed by atoms with Crippen molar-refractivity contribution < 1.29 is 9.47 Å². The van der Waals surface area contributed by atoms with E-state index in [1.165, 1.54) is 12.2 Å². The molecule has 6 heteroatoms. The molecule has 0 unspecified atom stereocenters. The van der Waals surface area contributed by atoms with Crippen molar-refractivity contribution in [2.75, 3.05) is 44.6 Å². The molecule has 22 heavy (non-hydrogen) atoms. The first-order valence-corrected chi connectivity index (χ1v) is 8.92. The third-order valence-corrected chi connectivity index (χ3v) is 3.71. The van der Waals surface area contributed by atoms with Gasteiger partial charge in [0.2, 0.25) is 0 Å². The summed E-state index contributed by atoms with van der Waals surface area (Å²) >= 11 is 1.88. The van der Waals surface area contributed by atoms with Crippen LogP contribution in [-0.4, -0.2) is 45.3 Å². The SMILES string of the molecule is CCOc1ccc(NC(=NC)NCCCCSC)cc1OC. The lowest BCUT2D eigenvalue weighted by atomic mass is 10.2. The van der Waals surface area contributed by atoms with Gasteiger partial charge in [0.05, 0.1) is 13.7 Å². The zero-order valence-electron chi connectivity index (χ0n) is 13.9. The minimum absolute atomic E-state index is 0.613. The molecule has 124 valence electrons. The monoisotopic (exact) mass is 325 g/mol. The lowest BCUT2D eigenvalue weighted by Crippen LogP contribution is -2.31. The topological polar surface area (TPSA) is 54.9 Å². The maximum Gasteiger partial charge on any atom is 0.195 e. The van der Waals surface area contributed by atoms with Crippen LogP contribution in [-0.2, 0) is 0 Å². The molecule has 1 aromatic rings. The Hall–Kier alpha value is -1.56. The van der Waals surface area contributed by atoms with Crippen LogP contribution in [0.25, 0.3) is 0 Å². The Morgan fingerprint density at radius 3 is 2.73 bits per heavy atom. The molecular formula is C16H27N3O2S. The Labute approximate surface area is 137 Å². The highest BCUT2D eigenvalue weighted by atomic mass is 32.2. The first-order valence-electron chi connectivity index (χ1n) is 7.52. The Morgan fingerprint density at radius 1 is 1.27 bits per heavy atom. The van der Waals surface area contributed by atoms with Gasteiger partial charge in [0, 0.05) is 25.3 Å². The van der Waals surface area contributed by atoms with E-state index < -0.39 is 0 Å². The second kappa shape index (κ2) is 11.1. The van der Waals surface area contributed by atoms with Crippen molar-refractivity contribution in [3.05, 3.63) is 18.2 Å². The summed E-state index contributed by atoms with van der Waals surface area (Å²) in [7, 11) is 3.41. The molecule has 0 heterocycles. The molecule has 2 N–H and O–H groups in total. The van der Waals surface area contributed by atoms with E-state index in [0.29, 0.717) is 12.4 Å². The highest BCUT2D eigenvalue weighted by Crippen LogP contribution is 2.30. The third kappa shape index (κ3) is 6.47. The Kier molecular flexibility index (Phi) is 9.30. The van der Waals surface area contributed by atoms with Gasteiger partial charge in [0.15, 0.2) is 17.5 Å². The summed E-state index contributed by atoms with van der Waals surface area (Å²) in [6.07, 6.45) is 4.48. The van der Waals surface area contributed by atoms with Gasteiger partial charge in [-0.1, -0.05) is 0 Å². The minimum atomic E-state index is 0.613. The van der Waals surface area contributed by atoms with Crippen LogP contribution in [0.15, 0.2) is 23.2 Å². The number of nitrogens with one attached hydrogen (secondary N) is 2. The normalized spacial score (nSPS) is 11.2. The zero-order valence-corrected chi connectivity index (χ0v) is 14.8. The first kappa shape index (κ1) is 18.5. The predicted molar refractivity (Wildman–Crippen MR) is 96.8 cm³/mol. The molecule has 5 nitrogen and oxygen atoms in total. The number of hydrogen-bond acceptors (Lipinski definition) is 4. The van der Waals surface area contributed by atoms with E-state index in [4.69, 9.17) is 9.47 Å². The molecule has 1 aromatic carbocycles. The number of unbranched alkanes of at least 4 members (excludes halogenated alkanes) is 1. The van der Waals surface area contributed by atoms with E-state index >= 15 is 0 Å². The predicted octanol–water partition coefficient (Wildman–Crippen LogP) is 3.22. The molecule has 0 fully saturated rings. The van der Waals surface area contributed by atoms with Gasteiger partial charge in [0.1, 0.15) is 0 Å². The fourth-order valence-corrected chi connectivity index (χ4v) is 2.41. The Bertz CT molecular complexity index is 467. The van der Waals surface area contributed by atoms with Crippen molar-refractivity contribution in [2.45, 2.75) is 19.8 Å². The van der Waals surface area contributed by atoms with E-state index in [-0.39, 0.29) is 0 Å². The van der Waals surface area contributed by atoms with Gasteiger partial charge >= 0.3 is 0 Å². The number of anilines is 1. The lowest BCUT2D eigenvalue weighted by molar-refractivity contribution is 0.311. The fraction of sp³-hybridized carbons (Fsp3) is 0.562. The van der Waals surface area contributed by atoms with Gasteiger partial charge < -0.3 is 20.1 Å². The molecule has 0 amide bonds. The summed E-state index contributed by atoms with van der Waals surface area (Å²) < 4.78 is 10.9. The van der Waals surface area contributed by atoms with Gasteiger partial charge in [0.25, 0.3) is 0 Å². The van der Waals surface area contributed by atoms with E-state index in [2.05, 4.69) is 21.9 Å². The average molecular weight is 325 g/mol. The number of aliphatic imine (C=N–C) groups is 1. The van der Waals surface area contributed by atoms with Gasteiger partial charge in [-0.3, -0.25) is 4.99 Å². The fourth-order valence-electron chi connectivity index (χ4n) is 1.91. The van der Waals surface area contributed by atoms with Gasteiger partial charge in [-0.25, -0.2) is 0 Å². The van der Waals surface area contributed by atoms with Crippen LogP contribution >= 0.6 is 11.8 Å². The van der Waals surface area contributed by atoms with Crippen molar-refractivity contribution in [3.8, 4) is 11.5 Å². The van der Waals surface area contributed by atoms with Crippen molar-refractivity contribution in [1.29, 1.82) is 0 Å². The molecule has 0 saturated heterocycles. The van der Waals surface area contributed by atoms with Crippen LogP contribution in [0.2, 0.25) is 0 Å². The van der Waals surface area contributed by atoms with E-state index in [1.54, 1.807) is 14.2 Å². The van der Waals surface area contributed by atoms with Crippen molar-refractivity contribution in [1.82, 2.24) is 5.32 Å². The smallest absolute Gasteiger partial charge is 0.195 e. The standard InChI is InChI=1S/C16H27N3O2S/c1-5-21-14-9-8-13(12-15(14)20-3)19-16(17-2)18-10-6-7-11-22-4/h8-9,12H,5-7,10-11H2,1-4H3,(H2,17,18,19). The number of hydrogen-bond donors (Lipinski definition) is 2. The minimum Gasteiger partial charge on any atom is -0.493 e. The van der Waals surface area contributed by atoms with Gasteiger partial charge in [-0.2, -0.15) is 11.8 Å². The largest absolute Gasteiger partial charge is 0.493 e. The van der Waals surface area contributed by atoms with E-state index in [1.807, 2.05) is 36.9 Å². The number of benzene rings is 1. The van der Waals surface area contributed by atoms with Crippen molar-refractivity contribution in [2.24, 2.45) is 4.99 Å². The second-order valence-electron chi connectivity index (χ2n) is 4.62. The molecule has 0 aromatic heterocycles. The number of guanidine groups is 1. The zero-order chi connectivity index (χ0) is 16.2. The summed E-state index contributed by atoms with van der Waals surface area (Å²) in [5, 5.41) is 6.57. The molecular weight excluding hydrogens is 298 g/mol. The van der Waals surface area contributed by atoms with Crippen LogP contribution in [0.4, 0.5) is 5.69 Å². The molecule has 0 aliphatic heterocycles. The molecule has 0 atom stereocenters. The number of ether oxygens (including phenoxy) is 2. The van der Waals surface area contributed by atoms with Crippen LogP contribution in [0, 0.1) is 0 Å². The summed E-state index contributed by atoms with van der Waals surface area (Å²) in [4.78, 5) is 4.23. The molecule has 1 rings (SSSR count). The summed E-state index contributed by atoms with van der Waals surface area (Å²) in [6.45, 7) is 3.48. The number of nitrogens with zero attached hydrogens (tertiary/aromatic N) is 1. The molecule has 0 aliphatic rings. The van der Waals surface area contributed by atoms with E-state index in [0.717, 1.165) is 30.4 Å². The highest BCUT2D eigenvalue weighted by Gasteiger charge is 2.06. The molecule has 0 bridgehead atoms. The molecule has 0 radical (unpaired) electrons. The van der Waals surface area contributed by atoms with E-state index in [9.17, 15) is 0 Å². The lowest BCUT2D eigenvalue weighted by Gasteiger charge is -2.14. The highest BCUT2D eigenvalue weighted by molar-refractivity contribution is 7.98. The van der Waals surface area contributed by atoms with Crippen molar-refractivity contribution >= 4 is 23.4 Å². The summed E-state index contributed by atoms with van der Waals surface area (Å²) in [5.74, 6) is 3.41. The van der Waals surface area contributed by atoms with Gasteiger partial charge in [-0.15, -0.1) is 0 Å². The van der Waals surface area contributed by atoms with Crippen LogP contribution in [0.5, 0.6) is 11.5 Å². The maximum absolute atomic E-state index is 5.52. The van der Waals surface area contributed by atoms with Crippen LogP contribution in [0.1, 0.15) is 19.8 Å². The Morgan fingerprint density at radius 2 is 2.09 bits per heavy atom. The van der Waals surface area contributed by atoms with Crippen molar-refractivity contribution in [3.63, 3.8) is 0 Å². The van der Waals surface area contributed by atoms with Crippen LogP contribution < -0.4 is 20.1 Å². The number of rotatable bonds is 9. The molecule has 0 aliphatic carbocycles. The van der Waals surface area contributed by atoms with Gasteiger partial charge in [-0.05, 0) is 43.9 Å². The second-order valence-corrected chi connectivity index (χ2v) is 5.61. The van der Waals surface area contributed by atoms with Crippen LogP contribution in [0.3, 0.4) is 0 Å². The molecule has 0 saturated carbocycles. The third-order valence-electron chi connectivity index (χ3n) is 3.02. The summed E-state index contributed by atoms with van der Waals surface area (Å²) in [5.41, 5.74) is 0.914. The maximum atomic E-state index is 5.52. The number of methoxy groups -OCH3 is 1. The summed E-state index contributed by atoms with van der Waals surface area (Å²) in [6, 6.07) is 5.76. The molecule has 0 spiro atoms. The Balaban J connectivity index is 2.56. The average Bonchev–Trinajstić information content (AvgIpc) is 2.55. The quantitative estimate of drug-likeness (QED) is 0.415. The first-order chi connectivity index (χ1) is 10.7.